The van der Waals surface area contributed by atoms with E-state index in [-0.39, 0.29) is 5.91 Å². The number of ether oxygens (including phenoxy) is 1. The minimum Gasteiger partial charge on any atom is -0.481 e. The number of hydrogen-bond donors (Lipinski definition) is 2. The SMILES string of the molecule is COc1ccc2nccc(-c3cc4c([nH]3)CCNC4=O)c2n1. The molecule has 6 heteroatoms. The predicted molar refractivity (Wildman–Crippen MR) is 81.9 cm³/mol. The molecule has 0 fully saturated rings. The van der Waals surface area contributed by atoms with E-state index >= 15 is 0 Å². The second kappa shape index (κ2) is 4.84. The van der Waals surface area contributed by atoms with Gasteiger partial charge < -0.3 is 15.0 Å². The van der Waals surface area contributed by atoms with Crippen LogP contribution >= 0.6 is 0 Å². The third-order valence-corrected chi connectivity index (χ3v) is 3.86. The molecule has 0 unspecified atom stereocenters. The summed E-state index contributed by atoms with van der Waals surface area (Å²) < 4.78 is 5.20. The van der Waals surface area contributed by atoms with Crippen LogP contribution in [0, 0.1) is 0 Å². The molecular weight excluding hydrogens is 280 g/mol. The lowest BCUT2D eigenvalue weighted by atomic mass is 10.1. The molecule has 1 aliphatic rings. The molecule has 6 nitrogen and oxygen atoms in total. The van der Waals surface area contributed by atoms with Crippen LogP contribution in [0.2, 0.25) is 0 Å². The molecule has 22 heavy (non-hydrogen) atoms. The highest BCUT2D eigenvalue weighted by molar-refractivity contribution is 5.99. The third kappa shape index (κ3) is 1.92. The van der Waals surface area contributed by atoms with Gasteiger partial charge >= 0.3 is 0 Å². The van der Waals surface area contributed by atoms with Gasteiger partial charge in [0.25, 0.3) is 5.91 Å². The fourth-order valence-corrected chi connectivity index (χ4v) is 2.78. The normalized spacial score (nSPS) is 13.8. The molecule has 0 atom stereocenters. The van der Waals surface area contributed by atoms with Crippen LogP contribution in [0.1, 0.15) is 16.1 Å². The Labute approximate surface area is 126 Å². The van der Waals surface area contributed by atoms with Gasteiger partial charge in [0, 0.05) is 42.2 Å². The first-order chi connectivity index (χ1) is 10.8. The Kier molecular flexibility index (Phi) is 2.82. The van der Waals surface area contributed by atoms with Gasteiger partial charge in [-0.25, -0.2) is 4.98 Å². The first-order valence-corrected chi connectivity index (χ1v) is 7.06. The number of hydrogen-bond acceptors (Lipinski definition) is 4. The van der Waals surface area contributed by atoms with Crippen LogP contribution in [0.15, 0.2) is 30.5 Å². The van der Waals surface area contributed by atoms with Crippen molar-refractivity contribution in [2.24, 2.45) is 0 Å². The number of fused-ring (bicyclic) bond motifs is 2. The first kappa shape index (κ1) is 12.8. The summed E-state index contributed by atoms with van der Waals surface area (Å²) in [5.74, 6) is 0.503. The number of rotatable bonds is 2. The Morgan fingerprint density at radius 1 is 1.23 bits per heavy atom. The molecular formula is C16H14N4O2. The van der Waals surface area contributed by atoms with E-state index in [2.05, 4.69) is 20.3 Å². The number of aromatic amines is 1. The van der Waals surface area contributed by atoms with Crippen molar-refractivity contribution >= 4 is 16.9 Å². The number of nitrogens with zero attached hydrogens (tertiary/aromatic N) is 2. The van der Waals surface area contributed by atoms with Gasteiger partial charge in [-0.2, -0.15) is 0 Å². The van der Waals surface area contributed by atoms with Gasteiger partial charge in [-0.15, -0.1) is 0 Å². The maximum atomic E-state index is 11.9. The van der Waals surface area contributed by atoms with Gasteiger partial charge in [0.2, 0.25) is 5.88 Å². The topological polar surface area (TPSA) is 79.9 Å². The number of nitrogens with one attached hydrogen (secondary N) is 2. The zero-order valence-electron chi connectivity index (χ0n) is 12.0. The van der Waals surface area contributed by atoms with Crippen LogP contribution in [0.4, 0.5) is 0 Å². The minimum atomic E-state index is -0.0346. The highest BCUT2D eigenvalue weighted by Gasteiger charge is 2.21. The quantitative estimate of drug-likeness (QED) is 0.756. The summed E-state index contributed by atoms with van der Waals surface area (Å²) in [5, 5.41) is 2.85. The Morgan fingerprint density at radius 3 is 2.95 bits per heavy atom. The number of amides is 1. The Bertz CT molecular complexity index is 885. The monoisotopic (exact) mass is 294 g/mol. The maximum absolute atomic E-state index is 11.9. The van der Waals surface area contributed by atoms with Gasteiger partial charge in [0.05, 0.1) is 18.2 Å². The summed E-state index contributed by atoms with van der Waals surface area (Å²) in [7, 11) is 1.59. The number of carbonyl (C=O) groups is 1. The molecule has 0 bridgehead atoms. The molecule has 0 aromatic carbocycles. The van der Waals surface area contributed by atoms with Crippen molar-refractivity contribution in [1.82, 2.24) is 20.3 Å². The average Bonchev–Trinajstić information content (AvgIpc) is 2.99. The largest absolute Gasteiger partial charge is 0.481 e. The van der Waals surface area contributed by atoms with Crippen molar-refractivity contribution in [3.63, 3.8) is 0 Å². The highest BCUT2D eigenvalue weighted by atomic mass is 16.5. The lowest BCUT2D eigenvalue weighted by Gasteiger charge is -2.11. The second-order valence-electron chi connectivity index (χ2n) is 5.16. The van der Waals surface area contributed by atoms with Gasteiger partial charge in [0.1, 0.15) is 5.52 Å². The Balaban J connectivity index is 1.92. The first-order valence-electron chi connectivity index (χ1n) is 7.06. The smallest absolute Gasteiger partial charge is 0.253 e. The fraction of sp³-hybridized carbons (Fsp3) is 0.188. The highest BCUT2D eigenvalue weighted by Crippen LogP contribution is 2.29. The predicted octanol–water partition coefficient (Wildman–Crippen LogP) is 1.92. The third-order valence-electron chi connectivity index (χ3n) is 3.86. The van der Waals surface area contributed by atoms with Gasteiger partial charge in [-0.3, -0.25) is 9.78 Å². The second-order valence-corrected chi connectivity index (χ2v) is 5.16. The number of aromatic nitrogens is 3. The van der Waals surface area contributed by atoms with Crippen molar-refractivity contribution in [2.45, 2.75) is 6.42 Å². The van der Waals surface area contributed by atoms with Gasteiger partial charge in [-0.1, -0.05) is 0 Å². The number of methoxy groups -OCH3 is 1. The molecule has 4 heterocycles. The van der Waals surface area contributed by atoms with E-state index in [0.29, 0.717) is 18.0 Å². The summed E-state index contributed by atoms with van der Waals surface area (Å²) in [4.78, 5) is 24.1. The molecule has 0 radical (unpaired) electrons. The zero-order valence-corrected chi connectivity index (χ0v) is 12.0. The van der Waals surface area contributed by atoms with E-state index in [1.165, 1.54) is 0 Å². The van der Waals surface area contributed by atoms with Crippen LogP contribution in [0.3, 0.4) is 0 Å². The number of carbonyl (C=O) groups excluding carboxylic acids is 1. The summed E-state index contributed by atoms with van der Waals surface area (Å²) in [6.45, 7) is 0.662. The average molecular weight is 294 g/mol. The number of H-pyrrole nitrogens is 1. The van der Waals surface area contributed by atoms with Crippen molar-refractivity contribution in [1.29, 1.82) is 0 Å². The standard InChI is InChI=1S/C16H14N4O2/c1-22-14-3-2-12-15(20-14)9(4-6-17-12)13-8-10-11(19-13)5-7-18-16(10)21/h2-4,6,8,19H,5,7H2,1H3,(H,18,21). The molecule has 0 saturated heterocycles. The van der Waals surface area contributed by atoms with E-state index in [4.69, 9.17) is 4.74 Å². The fourth-order valence-electron chi connectivity index (χ4n) is 2.78. The van der Waals surface area contributed by atoms with Crippen molar-refractivity contribution in [2.75, 3.05) is 13.7 Å². The zero-order chi connectivity index (χ0) is 15.1. The van der Waals surface area contributed by atoms with Crippen molar-refractivity contribution < 1.29 is 9.53 Å². The number of pyridine rings is 2. The van der Waals surface area contributed by atoms with E-state index in [0.717, 1.165) is 34.4 Å². The van der Waals surface area contributed by atoms with Crippen LogP contribution in [0.25, 0.3) is 22.3 Å². The lowest BCUT2D eigenvalue weighted by molar-refractivity contribution is 0.0946. The summed E-state index contributed by atoms with van der Waals surface area (Å²) >= 11 is 0. The van der Waals surface area contributed by atoms with Crippen LogP contribution < -0.4 is 10.1 Å². The molecule has 2 N–H and O–H groups in total. The summed E-state index contributed by atoms with van der Waals surface area (Å²) in [6, 6.07) is 7.43. The van der Waals surface area contributed by atoms with E-state index in [1.807, 2.05) is 18.2 Å². The molecule has 4 rings (SSSR count). The van der Waals surface area contributed by atoms with E-state index in [1.54, 1.807) is 19.4 Å². The van der Waals surface area contributed by atoms with Crippen molar-refractivity contribution in [3.05, 3.63) is 41.7 Å². The Morgan fingerprint density at radius 2 is 2.14 bits per heavy atom. The molecule has 0 spiro atoms. The molecule has 110 valence electrons. The molecule has 0 aliphatic carbocycles. The minimum absolute atomic E-state index is 0.0346. The van der Waals surface area contributed by atoms with E-state index in [9.17, 15) is 4.79 Å². The van der Waals surface area contributed by atoms with Crippen LogP contribution in [0.5, 0.6) is 5.88 Å². The molecule has 3 aromatic heterocycles. The molecule has 1 aliphatic heterocycles. The maximum Gasteiger partial charge on any atom is 0.253 e. The van der Waals surface area contributed by atoms with Crippen molar-refractivity contribution in [3.8, 4) is 17.1 Å². The lowest BCUT2D eigenvalue weighted by Crippen LogP contribution is -2.31. The molecule has 0 saturated carbocycles. The summed E-state index contributed by atoms with van der Waals surface area (Å²) in [6.07, 6.45) is 2.55. The summed E-state index contributed by atoms with van der Waals surface area (Å²) in [5.41, 5.74) is 4.98. The molecule has 3 aromatic rings. The van der Waals surface area contributed by atoms with Gasteiger partial charge in [0.15, 0.2) is 0 Å². The van der Waals surface area contributed by atoms with Gasteiger partial charge in [-0.05, 0) is 18.2 Å². The molecule has 1 amide bonds. The van der Waals surface area contributed by atoms with Crippen LogP contribution in [-0.4, -0.2) is 34.5 Å². The van der Waals surface area contributed by atoms with E-state index < -0.39 is 0 Å². The van der Waals surface area contributed by atoms with Crippen LogP contribution in [-0.2, 0) is 6.42 Å². The Hall–Kier alpha value is -2.89.